The molecule has 3 N–H and O–H groups in total. The molecule has 40 heavy (non-hydrogen) atoms. The number of nitrogens with zero attached hydrogens (tertiary/aromatic N) is 1. The summed E-state index contributed by atoms with van der Waals surface area (Å²) >= 11 is 0. The number of hydrogen-bond acceptors (Lipinski definition) is 7. The number of furan rings is 1. The predicted molar refractivity (Wildman–Crippen MR) is 159 cm³/mol. The fourth-order valence-corrected chi connectivity index (χ4v) is 5.56. The number of rotatable bonds is 11. The Morgan fingerprint density at radius 2 is 1.68 bits per heavy atom. The van der Waals surface area contributed by atoms with Crippen molar-refractivity contribution in [2.45, 2.75) is 20.3 Å². The summed E-state index contributed by atoms with van der Waals surface area (Å²) in [6.45, 7) is 3.85. The van der Waals surface area contributed by atoms with Crippen LogP contribution in [0.5, 0.6) is 5.75 Å². The van der Waals surface area contributed by atoms with Crippen LogP contribution in [-0.4, -0.2) is 53.0 Å². The van der Waals surface area contributed by atoms with Crippen molar-refractivity contribution in [2.75, 3.05) is 43.2 Å². The van der Waals surface area contributed by atoms with Crippen LogP contribution in [0.2, 0.25) is 0 Å². The van der Waals surface area contributed by atoms with E-state index in [1.54, 1.807) is 6.07 Å². The van der Waals surface area contributed by atoms with E-state index in [1.807, 2.05) is 24.3 Å². The molecule has 3 aromatic carbocycles. The highest BCUT2D eigenvalue weighted by Crippen LogP contribution is 2.41. The van der Waals surface area contributed by atoms with Crippen molar-refractivity contribution in [3.8, 4) is 17.1 Å². The molecule has 0 aliphatic heterocycles. The van der Waals surface area contributed by atoms with E-state index in [-0.39, 0.29) is 30.5 Å². The maximum absolute atomic E-state index is 13.0. The van der Waals surface area contributed by atoms with Gasteiger partial charge in [0.25, 0.3) is 5.91 Å². The highest BCUT2D eigenvalue weighted by molar-refractivity contribution is 7.92. The van der Waals surface area contributed by atoms with Crippen LogP contribution < -0.4 is 19.7 Å². The number of amides is 1. The number of methoxy groups -OCH3 is 1. The minimum absolute atomic E-state index is 0.161. The Labute approximate surface area is 234 Å². The number of hydrogen-bond donors (Lipinski definition) is 3. The van der Waals surface area contributed by atoms with E-state index in [0.717, 1.165) is 28.4 Å². The van der Waals surface area contributed by atoms with E-state index < -0.39 is 10.0 Å². The molecule has 0 saturated heterocycles. The minimum Gasteiger partial charge on any atom is -0.495 e. The Morgan fingerprint density at radius 1 is 1.05 bits per heavy atom. The Balaban J connectivity index is 1.73. The van der Waals surface area contributed by atoms with Crippen molar-refractivity contribution in [2.24, 2.45) is 5.92 Å². The number of ether oxygens (including phenoxy) is 1. The second kappa shape index (κ2) is 12.0. The first-order valence-electron chi connectivity index (χ1n) is 13.0. The van der Waals surface area contributed by atoms with Gasteiger partial charge in [0.2, 0.25) is 10.0 Å². The number of aliphatic hydroxyl groups is 1. The molecule has 4 aromatic rings. The Bertz CT molecular complexity index is 1590. The smallest absolute Gasteiger partial charge is 0.255 e. The van der Waals surface area contributed by atoms with Crippen molar-refractivity contribution in [3.05, 3.63) is 71.8 Å². The Morgan fingerprint density at radius 3 is 2.20 bits per heavy atom. The summed E-state index contributed by atoms with van der Waals surface area (Å²) in [7, 11) is -0.790. The van der Waals surface area contributed by atoms with E-state index in [1.165, 1.54) is 25.8 Å². The van der Waals surface area contributed by atoms with Gasteiger partial charge < -0.3 is 24.9 Å². The zero-order valence-electron chi connectivity index (χ0n) is 23.3. The van der Waals surface area contributed by atoms with Crippen LogP contribution in [0.4, 0.5) is 17.1 Å². The number of anilines is 3. The average Bonchev–Trinajstić information content (AvgIpc) is 3.29. The monoisotopic (exact) mass is 565 g/mol. The van der Waals surface area contributed by atoms with E-state index in [9.17, 15) is 18.3 Å². The molecule has 1 aromatic heterocycles. The molecule has 0 aliphatic carbocycles. The molecule has 0 radical (unpaired) electrons. The molecular weight excluding hydrogens is 530 g/mol. The topological polar surface area (TPSA) is 121 Å². The molecular formula is C30H35N3O6S. The molecule has 0 bridgehead atoms. The fourth-order valence-electron chi connectivity index (χ4n) is 4.65. The molecule has 1 heterocycles. The van der Waals surface area contributed by atoms with E-state index in [2.05, 4.69) is 48.7 Å². The molecule has 10 heteroatoms. The van der Waals surface area contributed by atoms with Gasteiger partial charge in [0, 0.05) is 35.4 Å². The molecule has 4 rings (SSSR count). The molecule has 0 fully saturated rings. The van der Waals surface area contributed by atoms with Gasteiger partial charge >= 0.3 is 0 Å². The van der Waals surface area contributed by atoms with Crippen molar-refractivity contribution < 1.29 is 27.5 Å². The third kappa shape index (κ3) is 6.24. The van der Waals surface area contributed by atoms with Gasteiger partial charge in [-0.25, -0.2) is 8.42 Å². The first-order valence-corrected chi connectivity index (χ1v) is 14.8. The summed E-state index contributed by atoms with van der Waals surface area (Å²) in [5.41, 5.74) is 4.61. The summed E-state index contributed by atoms with van der Waals surface area (Å²) < 4.78 is 37.6. The van der Waals surface area contributed by atoms with Crippen molar-refractivity contribution in [3.63, 3.8) is 0 Å². The average molecular weight is 566 g/mol. The van der Waals surface area contributed by atoms with Crippen LogP contribution in [0, 0.1) is 5.92 Å². The number of aliphatic hydroxyl groups excluding tert-OH is 1. The second-order valence-corrected chi connectivity index (χ2v) is 11.9. The van der Waals surface area contributed by atoms with Crippen LogP contribution in [0.1, 0.15) is 29.8 Å². The summed E-state index contributed by atoms with van der Waals surface area (Å²) in [6.07, 6.45) is 2.08. The van der Waals surface area contributed by atoms with Gasteiger partial charge in [-0.3, -0.25) is 9.10 Å². The SMILES string of the molecule is CNC(=O)c1c(-c2ccc(Nc3ccc(CC(C)C)cc3)cc2)oc2cc(N(CCO)S(C)(=O)=O)c(OC)cc12. The Hall–Kier alpha value is -4.02. The lowest BCUT2D eigenvalue weighted by Gasteiger charge is -2.23. The minimum atomic E-state index is -3.73. The molecule has 0 saturated carbocycles. The highest BCUT2D eigenvalue weighted by Gasteiger charge is 2.27. The van der Waals surface area contributed by atoms with E-state index in [0.29, 0.717) is 33.8 Å². The normalized spacial score (nSPS) is 11.6. The number of carbonyl (C=O) groups excluding carboxylic acids is 1. The molecule has 1 amide bonds. The number of sulfonamides is 1. The quantitative estimate of drug-likeness (QED) is 0.229. The maximum Gasteiger partial charge on any atom is 0.255 e. The van der Waals surface area contributed by atoms with Crippen LogP contribution in [-0.2, 0) is 16.4 Å². The molecule has 0 unspecified atom stereocenters. The first-order chi connectivity index (χ1) is 19.0. The third-order valence-electron chi connectivity index (χ3n) is 6.45. The van der Waals surface area contributed by atoms with Gasteiger partial charge in [-0.2, -0.15) is 0 Å². The lowest BCUT2D eigenvalue weighted by molar-refractivity contribution is 0.0964. The van der Waals surface area contributed by atoms with E-state index in [4.69, 9.17) is 9.15 Å². The number of nitrogens with one attached hydrogen (secondary N) is 2. The van der Waals surface area contributed by atoms with Gasteiger partial charge in [-0.1, -0.05) is 26.0 Å². The molecule has 212 valence electrons. The van der Waals surface area contributed by atoms with Crippen LogP contribution in [0.25, 0.3) is 22.3 Å². The lowest BCUT2D eigenvalue weighted by atomic mass is 10.0. The lowest BCUT2D eigenvalue weighted by Crippen LogP contribution is -2.32. The molecule has 0 aliphatic rings. The summed E-state index contributed by atoms with van der Waals surface area (Å²) in [6, 6.07) is 18.9. The van der Waals surface area contributed by atoms with Crippen LogP contribution >= 0.6 is 0 Å². The standard InChI is InChI=1S/C30H35N3O6S/c1-19(2)16-20-6-10-22(11-7-20)32-23-12-8-21(9-13-23)29-28(30(35)31-3)24-17-27(38-4)25(18-26(24)39-29)33(14-15-34)40(5,36)37/h6-13,17-19,32,34H,14-16H2,1-5H3,(H,31,35). The maximum atomic E-state index is 13.0. The molecule has 0 spiro atoms. The molecule has 0 atom stereocenters. The second-order valence-electron chi connectivity index (χ2n) is 9.96. The van der Waals surface area contributed by atoms with Gasteiger partial charge in [0.15, 0.2) is 0 Å². The Kier molecular flexibility index (Phi) is 8.70. The van der Waals surface area contributed by atoms with Crippen molar-refractivity contribution in [1.82, 2.24) is 5.32 Å². The highest BCUT2D eigenvalue weighted by atomic mass is 32.2. The van der Waals surface area contributed by atoms with Crippen molar-refractivity contribution >= 4 is 44.0 Å². The first kappa shape index (κ1) is 29.0. The van der Waals surface area contributed by atoms with E-state index >= 15 is 0 Å². The zero-order valence-corrected chi connectivity index (χ0v) is 24.1. The van der Waals surface area contributed by atoms with Gasteiger partial charge in [-0.05, 0) is 60.4 Å². The van der Waals surface area contributed by atoms with Gasteiger partial charge in [0.05, 0.1) is 37.8 Å². The number of benzene rings is 3. The van der Waals surface area contributed by atoms with Gasteiger partial charge in [0.1, 0.15) is 17.1 Å². The van der Waals surface area contributed by atoms with Gasteiger partial charge in [-0.15, -0.1) is 0 Å². The largest absolute Gasteiger partial charge is 0.495 e. The zero-order chi connectivity index (χ0) is 29.0. The summed E-state index contributed by atoms with van der Waals surface area (Å²) in [4.78, 5) is 13.0. The predicted octanol–water partition coefficient (Wildman–Crippen LogP) is 5.17. The van der Waals surface area contributed by atoms with Crippen molar-refractivity contribution in [1.29, 1.82) is 0 Å². The summed E-state index contributed by atoms with van der Waals surface area (Å²) in [5.74, 6) is 0.799. The molecule has 9 nitrogen and oxygen atoms in total. The fraction of sp³-hybridized carbons (Fsp3) is 0.300. The van der Waals surface area contributed by atoms with Crippen LogP contribution in [0.15, 0.2) is 65.1 Å². The number of carbonyl (C=O) groups is 1. The number of fused-ring (bicyclic) bond motifs is 1. The third-order valence-corrected chi connectivity index (χ3v) is 7.63. The van der Waals surface area contributed by atoms with Crippen LogP contribution in [0.3, 0.4) is 0 Å². The summed E-state index contributed by atoms with van der Waals surface area (Å²) in [5, 5.41) is 16.0.